The van der Waals surface area contributed by atoms with Gasteiger partial charge in [-0.2, -0.15) is 0 Å². The minimum absolute atomic E-state index is 0.0122. The summed E-state index contributed by atoms with van der Waals surface area (Å²) in [5.74, 6) is 7.01. The number of carbonyl (C=O) groups excluding carboxylic acids is 1. The van der Waals surface area contributed by atoms with Gasteiger partial charge in [0, 0.05) is 23.7 Å². The van der Waals surface area contributed by atoms with Crippen molar-refractivity contribution in [1.82, 2.24) is 4.98 Å². The summed E-state index contributed by atoms with van der Waals surface area (Å²) in [6, 6.07) is 9.81. The molecule has 4 nitrogen and oxygen atoms in total. The Hall–Kier alpha value is -2.10. The lowest BCUT2D eigenvalue weighted by Gasteiger charge is -2.36. The second-order valence-corrected chi connectivity index (χ2v) is 8.72. The lowest BCUT2D eigenvalue weighted by Crippen LogP contribution is -2.26. The molecule has 1 aliphatic heterocycles. The van der Waals surface area contributed by atoms with Crippen molar-refractivity contribution in [3.63, 3.8) is 0 Å². The van der Waals surface area contributed by atoms with Crippen molar-refractivity contribution >= 4 is 29.5 Å². The van der Waals surface area contributed by atoms with Crippen LogP contribution in [-0.2, 0) is 20.0 Å². The first-order valence-electron chi connectivity index (χ1n) is 9.10. The molecule has 28 heavy (non-hydrogen) atoms. The summed E-state index contributed by atoms with van der Waals surface area (Å²) >= 11 is 3.71. The normalized spacial score (nSPS) is 14.2. The van der Waals surface area contributed by atoms with Gasteiger partial charge in [0.2, 0.25) is 0 Å². The van der Waals surface area contributed by atoms with E-state index in [1.807, 2.05) is 47.8 Å². The zero-order chi connectivity index (χ0) is 20.0. The highest BCUT2D eigenvalue weighted by molar-refractivity contribution is 8.16. The van der Waals surface area contributed by atoms with Gasteiger partial charge in [-0.05, 0) is 55.2 Å². The van der Waals surface area contributed by atoms with Crippen LogP contribution in [0.1, 0.15) is 35.7 Å². The lowest BCUT2D eigenvalue weighted by atomic mass is 10.0. The molecule has 0 N–H and O–H groups in total. The first kappa shape index (κ1) is 20.6. The third-order valence-electron chi connectivity index (χ3n) is 4.55. The molecule has 0 saturated heterocycles. The predicted molar refractivity (Wildman–Crippen MR) is 116 cm³/mol. The summed E-state index contributed by atoms with van der Waals surface area (Å²) in [4.78, 5) is 15.9. The number of ether oxygens (including phenoxy) is 2. The summed E-state index contributed by atoms with van der Waals surface area (Å²) in [6.45, 7) is 2.92. The zero-order valence-electron chi connectivity index (χ0n) is 16.3. The number of rotatable bonds is 5. The van der Waals surface area contributed by atoms with Crippen LogP contribution in [0.2, 0.25) is 0 Å². The maximum absolute atomic E-state index is 11.5. The minimum atomic E-state index is -0.245. The summed E-state index contributed by atoms with van der Waals surface area (Å²) in [7, 11) is 0. The standard InChI is InChI=1S/C22H23NO3S2/c1-4-25-21(24)14-17-6-9-18(23-15-17)8-5-16-7-10-20-19(13-16)22(27-2,28-3)11-12-26-20/h6-7,9-10,13,15H,4,11-12,14H2,1-3H3. The van der Waals surface area contributed by atoms with Crippen molar-refractivity contribution in [2.75, 3.05) is 25.7 Å². The molecule has 2 aromatic rings. The van der Waals surface area contributed by atoms with Crippen LogP contribution >= 0.6 is 23.5 Å². The van der Waals surface area contributed by atoms with E-state index in [9.17, 15) is 4.79 Å². The highest BCUT2D eigenvalue weighted by atomic mass is 32.2. The van der Waals surface area contributed by atoms with E-state index in [2.05, 4.69) is 35.4 Å². The van der Waals surface area contributed by atoms with Crippen molar-refractivity contribution in [3.8, 4) is 17.6 Å². The zero-order valence-corrected chi connectivity index (χ0v) is 17.9. The summed E-state index contributed by atoms with van der Waals surface area (Å²) in [5, 5.41) is 0. The molecule has 1 aromatic carbocycles. The fourth-order valence-electron chi connectivity index (χ4n) is 3.09. The number of carbonyl (C=O) groups is 1. The van der Waals surface area contributed by atoms with Crippen LogP contribution in [0.15, 0.2) is 36.5 Å². The molecule has 1 aliphatic rings. The van der Waals surface area contributed by atoms with Crippen LogP contribution in [0.3, 0.4) is 0 Å². The Morgan fingerprint density at radius 2 is 2.07 bits per heavy atom. The molecule has 6 heteroatoms. The van der Waals surface area contributed by atoms with E-state index in [0.717, 1.165) is 29.9 Å². The van der Waals surface area contributed by atoms with Gasteiger partial charge in [0.05, 0.1) is 23.7 Å². The SMILES string of the molecule is CCOC(=O)Cc1ccc(C#Cc2ccc3c(c2)C(SC)(SC)CCO3)nc1. The Bertz CT molecular complexity index is 896. The highest BCUT2D eigenvalue weighted by Crippen LogP contribution is 2.52. The molecule has 0 spiro atoms. The minimum Gasteiger partial charge on any atom is -0.493 e. The number of nitrogens with zero attached hydrogens (tertiary/aromatic N) is 1. The summed E-state index contributed by atoms with van der Waals surface area (Å²) < 4.78 is 10.8. The highest BCUT2D eigenvalue weighted by Gasteiger charge is 2.36. The molecule has 0 radical (unpaired) electrons. The average molecular weight is 414 g/mol. The molecule has 146 valence electrons. The van der Waals surface area contributed by atoms with Crippen molar-refractivity contribution in [3.05, 3.63) is 58.9 Å². The molecular weight excluding hydrogens is 390 g/mol. The van der Waals surface area contributed by atoms with Crippen LogP contribution < -0.4 is 4.74 Å². The van der Waals surface area contributed by atoms with Crippen LogP contribution in [0.5, 0.6) is 5.75 Å². The van der Waals surface area contributed by atoms with E-state index in [1.54, 1.807) is 13.1 Å². The Morgan fingerprint density at radius 1 is 1.25 bits per heavy atom. The maximum Gasteiger partial charge on any atom is 0.310 e. The largest absolute Gasteiger partial charge is 0.493 e. The molecule has 2 heterocycles. The fraction of sp³-hybridized carbons (Fsp3) is 0.364. The van der Waals surface area contributed by atoms with Crippen LogP contribution in [0, 0.1) is 11.8 Å². The number of aromatic nitrogens is 1. The predicted octanol–water partition coefficient (Wildman–Crippen LogP) is 4.25. The van der Waals surface area contributed by atoms with Gasteiger partial charge in [-0.25, -0.2) is 4.98 Å². The van der Waals surface area contributed by atoms with Gasteiger partial charge in [-0.15, -0.1) is 23.5 Å². The number of fused-ring (bicyclic) bond motifs is 1. The van der Waals surface area contributed by atoms with Gasteiger partial charge in [0.15, 0.2) is 0 Å². The molecule has 0 atom stereocenters. The van der Waals surface area contributed by atoms with Gasteiger partial charge in [-0.3, -0.25) is 4.79 Å². The third kappa shape index (κ3) is 4.65. The molecule has 0 fully saturated rings. The molecule has 0 saturated carbocycles. The van der Waals surface area contributed by atoms with E-state index in [4.69, 9.17) is 9.47 Å². The molecule has 0 aliphatic carbocycles. The second kappa shape index (κ2) is 9.40. The Kier molecular flexibility index (Phi) is 6.93. The number of benzene rings is 1. The molecule has 0 bridgehead atoms. The van der Waals surface area contributed by atoms with Crippen LogP contribution in [0.25, 0.3) is 0 Å². The number of esters is 1. The van der Waals surface area contributed by atoms with Gasteiger partial charge in [-0.1, -0.05) is 12.0 Å². The van der Waals surface area contributed by atoms with Gasteiger partial charge in [0.25, 0.3) is 0 Å². The second-order valence-electron chi connectivity index (χ2n) is 6.25. The molecular formula is C22H23NO3S2. The topological polar surface area (TPSA) is 48.4 Å². The quantitative estimate of drug-likeness (QED) is 0.415. The fourth-order valence-corrected chi connectivity index (χ4v) is 5.09. The van der Waals surface area contributed by atoms with Gasteiger partial charge >= 0.3 is 5.97 Å². The molecule has 0 unspecified atom stereocenters. The number of pyridine rings is 1. The maximum atomic E-state index is 11.5. The smallest absolute Gasteiger partial charge is 0.310 e. The van der Waals surface area contributed by atoms with Crippen molar-refractivity contribution in [1.29, 1.82) is 0 Å². The van der Waals surface area contributed by atoms with Crippen LogP contribution in [-0.4, -0.2) is 36.7 Å². The number of thioether (sulfide) groups is 2. The van der Waals surface area contributed by atoms with E-state index >= 15 is 0 Å². The van der Waals surface area contributed by atoms with Gasteiger partial charge in [0.1, 0.15) is 11.4 Å². The number of hydrogen-bond acceptors (Lipinski definition) is 6. The monoisotopic (exact) mass is 413 g/mol. The average Bonchev–Trinajstić information content (AvgIpc) is 2.73. The molecule has 1 aromatic heterocycles. The summed E-state index contributed by atoms with van der Waals surface area (Å²) in [5.41, 5.74) is 3.62. The van der Waals surface area contributed by atoms with Crippen molar-refractivity contribution < 1.29 is 14.3 Å². The van der Waals surface area contributed by atoms with Gasteiger partial charge < -0.3 is 9.47 Å². The first-order valence-corrected chi connectivity index (χ1v) is 11.6. The third-order valence-corrected chi connectivity index (χ3v) is 7.72. The van der Waals surface area contributed by atoms with Crippen molar-refractivity contribution in [2.24, 2.45) is 0 Å². The Morgan fingerprint density at radius 3 is 2.75 bits per heavy atom. The van der Waals surface area contributed by atoms with E-state index in [0.29, 0.717) is 12.3 Å². The first-order chi connectivity index (χ1) is 13.6. The molecule has 3 rings (SSSR count). The Labute approximate surface area is 174 Å². The van der Waals surface area contributed by atoms with E-state index in [1.165, 1.54) is 5.56 Å². The van der Waals surface area contributed by atoms with E-state index < -0.39 is 0 Å². The Balaban J connectivity index is 1.78. The summed E-state index contributed by atoms with van der Waals surface area (Å²) in [6.07, 6.45) is 7.17. The van der Waals surface area contributed by atoms with E-state index in [-0.39, 0.29) is 16.5 Å². The van der Waals surface area contributed by atoms with Crippen molar-refractivity contribution in [2.45, 2.75) is 23.8 Å². The number of hydrogen-bond donors (Lipinski definition) is 0. The lowest BCUT2D eigenvalue weighted by molar-refractivity contribution is -0.142. The van der Waals surface area contributed by atoms with Crippen LogP contribution in [0.4, 0.5) is 0 Å². The molecule has 0 amide bonds.